The molecule has 2 aromatic carbocycles. The molecule has 0 aliphatic heterocycles. The predicted molar refractivity (Wildman–Crippen MR) is 131 cm³/mol. The summed E-state index contributed by atoms with van der Waals surface area (Å²) in [5.41, 5.74) is 0.886. The van der Waals surface area contributed by atoms with Gasteiger partial charge in [0, 0.05) is 0 Å². The smallest absolute Gasteiger partial charge is 0.343 e. The first-order valence-electron chi connectivity index (χ1n) is 12.4. The molecule has 0 unspecified atom stereocenters. The van der Waals surface area contributed by atoms with E-state index in [-0.39, 0.29) is 5.97 Å². The fraction of sp³-hybridized carbons (Fsp3) is 0.500. The summed E-state index contributed by atoms with van der Waals surface area (Å²) in [4.78, 5) is 24.5. The number of unbranched alkanes of at least 4 members (excludes halogenated alkanes) is 8. The largest absolute Gasteiger partial charge is 0.494 e. The summed E-state index contributed by atoms with van der Waals surface area (Å²) >= 11 is 0. The molecule has 0 saturated heterocycles. The first kappa shape index (κ1) is 26.4. The summed E-state index contributed by atoms with van der Waals surface area (Å²) in [6.07, 6.45) is 11.5. The second-order valence-electron chi connectivity index (χ2n) is 8.25. The van der Waals surface area contributed by atoms with Crippen LogP contribution in [0.2, 0.25) is 0 Å². The van der Waals surface area contributed by atoms with E-state index in [1.54, 1.807) is 48.5 Å². The van der Waals surface area contributed by atoms with E-state index >= 15 is 0 Å². The van der Waals surface area contributed by atoms with Gasteiger partial charge < -0.3 is 14.2 Å². The van der Waals surface area contributed by atoms with E-state index in [9.17, 15) is 9.59 Å². The lowest BCUT2D eigenvalue weighted by molar-refractivity contribution is 0.0497. The Hall–Kier alpha value is -2.82. The van der Waals surface area contributed by atoms with Crippen molar-refractivity contribution >= 4 is 11.9 Å². The molecule has 0 amide bonds. The van der Waals surface area contributed by atoms with Gasteiger partial charge in [-0.15, -0.1) is 0 Å². The van der Waals surface area contributed by atoms with Crippen LogP contribution >= 0.6 is 0 Å². The maximum absolute atomic E-state index is 12.4. The highest BCUT2D eigenvalue weighted by atomic mass is 16.5. The Morgan fingerprint density at radius 2 is 1.06 bits per heavy atom. The second kappa shape index (κ2) is 15.9. The van der Waals surface area contributed by atoms with E-state index in [2.05, 4.69) is 13.8 Å². The Morgan fingerprint density at radius 1 is 0.576 bits per heavy atom. The Kier molecular flexibility index (Phi) is 12.7. The van der Waals surface area contributed by atoms with E-state index in [1.807, 2.05) is 0 Å². The maximum Gasteiger partial charge on any atom is 0.343 e. The van der Waals surface area contributed by atoms with Crippen LogP contribution in [0.4, 0.5) is 0 Å². The van der Waals surface area contributed by atoms with Crippen molar-refractivity contribution in [2.24, 2.45) is 0 Å². The number of ether oxygens (including phenoxy) is 3. The normalized spacial score (nSPS) is 10.6. The minimum atomic E-state index is -0.456. The van der Waals surface area contributed by atoms with E-state index in [1.165, 1.54) is 38.5 Å². The van der Waals surface area contributed by atoms with Crippen LogP contribution in [0.15, 0.2) is 48.5 Å². The van der Waals surface area contributed by atoms with Crippen LogP contribution < -0.4 is 9.47 Å². The average Bonchev–Trinajstić information content (AvgIpc) is 2.84. The zero-order chi connectivity index (χ0) is 23.7. The first-order valence-corrected chi connectivity index (χ1v) is 12.4. The minimum Gasteiger partial charge on any atom is -0.494 e. The zero-order valence-corrected chi connectivity index (χ0v) is 20.1. The van der Waals surface area contributed by atoms with Gasteiger partial charge in [-0.25, -0.2) is 9.59 Å². The number of hydrogen-bond donors (Lipinski definition) is 0. The first-order chi connectivity index (χ1) is 16.1. The highest BCUT2D eigenvalue weighted by Crippen LogP contribution is 2.18. The molecule has 2 aromatic rings. The van der Waals surface area contributed by atoms with Crippen molar-refractivity contribution in [1.82, 2.24) is 0 Å². The molecule has 180 valence electrons. The average molecular weight is 455 g/mol. The fourth-order valence-corrected chi connectivity index (χ4v) is 3.36. The molecule has 0 fully saturated rings. The third kappa shape index (κ3) is 10.6. The van der Waals surface area contributed by atoms with Crippen molar-refractivity contribution in [1.29, 1.82) is 0 Å². The van der Waals surface area contributed by atoms with Gasteiger partial charge in [-0.1, -0.05) is 65.2 Å². The van der Waals surface area contributed by atoms with E-state index < -0.39 is 5.97 Å². The van der Waals surface area contributed by atoms with Crippen molar-refractivity contribution in [2.75, 3.05) is 13.2 Å². The molecular weight excluding hydrogens is 416 g/mol. The van der Waals surface area contributed by atoms with E-state index in [0.29, 0.717) is 30.1 Å². The van der Waals surface area contributed by atoms with Crippen LogP contribution in [0.5, 0.6) is 11.5 Å². The molecular formula is C28H38O5. The molecule has 5 nitrogen and oxygen atoms in total. The number of esters is 2. The molecule has 0 aliphatic carbocycles. The van der Waals surface area contributed by atoms with Crippen molar-refractivity contribution in [3.63, 3.8) is 0 Å². The summed E-state index contributed by atoms with van der Waals surface area (Å²) in [5, 5.41) is 0. The molecule has 0 aliphatic rings. The molecule has 0 atom stereocenters. The van der Waals surface area contributed by atoms with Crippen molar-refractivity contribution in [3.8, 4) is 11.5 Å². The second-order valence-corrected chi connectivity index (χ2v) is 8.25. The predicted octanol–water partition coefficient (Wildman–Crippen LogP) is 7.38. The topological polar surface area (TPSA) is 61.8 Å². The van der Waals surface area contributed by atoms with Crippen LogP contribution in [0.3, 0.4) is 0 Å². The van der Waals surface area contributed by atoms with Gasteiger partial charge in [0.15, 0.2) is 0 Å². The van der Waals surface area contributed by atoms with Gasteiger partial charge in [0.05, 0.1) is 24.3 Å². The van der Waals surface area contributed by atoms with Crippen molar-refractivity contribution in [2.45, 2.75) is 78.1 Å². The van der Waals surface area contributed by atoms with E-state index in [0.717, 1.165) is 31.4 Å². The molecule has 0 aromatic heterocycles. The van der Waals surface area contributed by atoms with Crippen LogP contribution in [-0.4, -0.2) is 25.2 Å². The number of benzene rings is 2. The molecule has 0 radical (unpaired) electrons. The van der Waals surface area contributed by atoms with Crippen LogP contribution in [0.1, 0.15) is 98.8 Å². The summed E-state index contributed by atoms with van der Waals surface area (Å²) in [6.45, 7) is 5.48. The van der Waals surface area contributed by atoms with Crippen LogP contribution in [0.25, 0.3) is 0 Å². The Balaban J connectivity index is 1.72. The zero-order valence-electron chi connectivity index (χ0n) is 20.1. The highest BCUT2D eigenvalue weighted by Gasteiger charge is 2.11. The standard InChI is InChI=1S/C28H38O5/c1-3-5-7-9-10-12-22-32-27(29)23-15-19-26(20-16-23)33-28(30)24-13-17-25(18-14-24)31-21-11-8-6-4-2/h13-20H,3-12,21-22H2,1-2H3. The molecule has 33 heavy (non-hydrogen) atoms. The Labute approximate surface area is 198 Å². The molecule has 2 rings (SSSR count). The van der Waals surface area contributed by atoms with E-state index in [4.69, 9.17) is 14.2 Å². The molecule has 0 bridgehead atoms. The lowest BCUT2D eigenvalue weighted by Gasteiger charge is -2.08. The van der Waals surface area contributed by atoms with Crippen molar-refractivity contribution in [3.05, 3.63) is 59.7 Å². The fourth-order valence-electron chi connectivity index (χ4n) is 3.36. The summed E-state index contributed by atoms with van der Waals surface area (Å²) in [5.74, 6) is 0.310. The summed E-state index contributed by atoms with van der Waals surface area (Å²) in [6, 6.07) is 13.4. The van der Waals surface area contributed by atoms with Gasteiger partial charge in [-0.2, -0.15) is 0 Å². The number of carbonyl (C=O) groups excluding carboxylic acids is 2. The molecule has 5 heteroatoms. The van der Waals surface area contributed by atoms with Gasteiger partial charge in [0.2, 0.25) is 0 Å². The lowest BCUT2D eigenvalue weighted by Crippen LogP contribution is -2.09. The Bertz CT molecular complexity index is 811. The third-order valence-corrected chi connectivity index (χ3v) is 5.39. The molecule has 0 saturated carbocycles. The van der Waals surface area contributed by atoms with Crippen LogP contribution in [0, 0.1) is 0 Å². The van der Waals surface area contributed by atoms with Crippen LogP contribution in [-0.2, 0) is 4.74 Å². The number of hydrogen-bond acceptors (Lipinski definition) is 5. The Morgan fingerprint density at radius 3 is 1.70 bits per heavy atom. The monoisotopic (exact) mass is 454 g/mol. The highest BCUT2D eigenvalue weighted by molar-refractivity contribution is 5.92. The quantitative estimate of drug-likeness (QED) is 0.150. The van der Waals surface area contributed by atoms with Crippen molar-refractivity contribution < 1.29 is 23.8 Å². The molecule has 0 N–H and O–H groups in total. The summed E-state index contributed by atoms with van der Waals surface area (Å²) < 4.78 is 16.4. The van der Waals surface area contributed by atoms with Gasteiger partial charge >= 0.3 is 11.9 Å². The third-order valence-electron chi connectivity index (χ3n) is 5.39. The minimum absolute atomic E-state index is 0.355. The number of rotatable bonds is 16. The lowest BCUT2D eigenvalue weighted by atomic mass is 10.1. The van der Waals surface area contributed by atoms with Gasteiger partial charge in [-0.3, -0.25) is 0 Å². The maximum atomic E-state index is 12.4. The molecule has 0 spiro atoms. The van der Waals surface area contributed by atoms with Gasteiger partial charge in [0.1, 0.15) is 11.5 Å². The summed E-state index contributed by atoms with van der Waals surface area (Å²) in [7, 11) is 0. The SMILES string of the molecule is CCCCCCCCOC(=O)c1ccc(OC(=O)c2ccc(OCCCCCC)cc2)cc1. The van der Waals surface area contributed by atoms with Gasteiger partial charge in [0.25, 0.3) is 0 Å². The van der Waals surface area contributed by atoms with Gasteiger partial charge in [-0.05, 0) is 61.4 Å². The molecule has 0 heterocycles. The number of carbonyl (C=O) groups is 2.